The molecule has 1 aromatic carbocycles. The van der Waals surface area contributed by atoms with E-state index in [-0.39, 0.29) is 5.56 Å². The first-order valence-corrected chi connectivity index (χ1v) is 3.98. The molecule has 0 aromatic heterocycles. The molecular weight excluding hydrogens is 177 g/mol. The van der Waals surface area contributed by atoms with Crippen molar-refractivity contribution in [1.29, 1.82) is 0 Å². The largest absolute Gasteiger partial charge is 0.270 e. The molecule has 0 aliphatic rings. The van der Waals surface area contributed by atoms with Gasteiger partial charge in [-0.3, -0.25) is 0 Å². The molecule has 0 amide bonds. The molecule has 0 unspecified atom stereocenters. The molecule has 0 aliphatic carbocycles. The first-order chi connectivity index (χ1) is 5.93. The average molecular weight is 188 g/mol. The van der Waals surface area contributed by atoms with Crippen molar-refractivity contribution in [2.45, 2.75) is 26.4 Å². The van der Waals surface area contributed by atoms with Crippen molar-refractivity contribution >= 4 is 0 Å². The van der Waals surface area contributed by atoms with Crippen LogP contribution in [-0.2, 0) is 12.6 Å². The molecule has 3 heteroatoms. The molecular formula is C10H11F3. The van der Waals surface area contributed by atoms with Gasteiger partial charge in [0.2, 0.25) is 0 Å². The van der Waals surface area contributed by atoms with Crippen LogP contribution in [-0.4, -0.2) is 0 Å². The molecule has 0 nitrogen and oxygen atoms in total. The van der Waals surface area contributed by atoms with Crippen LogP contribution >= 0.6 is 0 Å². The maximum absolute atomic E-state index is 12.8. The monoisotopic (exact) mass is 188 g/mol. The Balaban J connectivity index is 3.16. The lowest BCUT2D eigenvalue weighted by Crippen LogP contribution is -2.07. The fourth-order valence-electron chi connectivity index (χ4n) is 1.19. The number of alkyl halides is 3. The molecule has 0 N–H and O–H groups in total. The summed E-state index contributed by atoms with van der Waals surface area (Å²) in [6.07, 6.45) is 0. The average Bonchev–Trinajstić information content (AvgIpc) is 2.01. The van der Waals surface area contributed by atoms with Crippen LogP contribution in [0.2, 0.25) is 0 Å². The molecule has 0 spiro atoms. The van der Waals surface area contributed by atoms with Gasteiger partial charge in [0.1, 0.15) is 6.67 Å². The van der Waals surface area contributed by atoms with Crippen molar-refractivity contribution in [2.75, 3.05) is 0 Å². The quantitative estimate of drug-likeness (QED) is 0.665. The second-order valence-corrected chi connectivity index (χ2v) is 3.23. The second-order valence-electron chi connectivity index (χ2n) is 3.23. The van der Waals surface area contributed by atoms with Crippen molar-refractivity contribution in [3.63, 3.8) is 0 Å². The molecule has 1 rings (SSSR count). The van der Waals surface area contributed by atoms with Gasteiger partial charge in [0.25, 0.3) is 5.92 Å². The predicted molar refractivity (Wildman–Crippen MR) is 45.6 cm³/mol. The number of hydrogen-bond donors (Lipinski definition) is 0. The Labute approximate surface area is 75.4 Å². The second kappa shape index (κ2) is 3.40. The third kappa shape index (κ3) is 2.47. The van der Waals surface area contributed by atoms with Gasteiger partial charge in [-0.25, -0.2) is 13.2 Å². The molecule has 0 fully saturated rings. The van der Waals surface area contributed by atoms with Crippen molar-refractivity contribution in [1.82, 2.24) is 0 Å². The SMILES string of the molecule is Cc1cc(CF)cc(C(C)(F)F)c1. The van der Waals surface area contributed by atoms with Crippen LogP contribution in [0.4, 0.5) is 13.2 Å². The molecule has 0 radical (unpaired) electrons. The van der Waals surface area contributed by atoms with Crippen LogP contribution in [0.25, 0.3) is 0 Å². The lowest BCUT2D eigenvalue weighted by molar-refractivity contribution is 0.0173. The molecule has 0 bridgehead atoms. The molecule has 13 heavy (non-hydrogen) atoms. The smallest absolute Gasteiger partial charge is 0.246 e. The van der Waals surface area contributed by atoms with Gasteiger partial charge >= 0.3 is 0 Å². The Morgan fingerprint density at radius 3 is 2.31 bits per heavy atom. The highest BCUT2D eigenvalue weighted by Gasteiger charge is 2.24. The molecule has 1 aromatic rings. The highest BCUT2D eigenvalue weighted by Crippen LogP contribution is 2.28. The molecule has 0 aliphatic heterocycles. The molecule has 0 saturated carbocycles. The minimum atomic E-state index is -2.89. The summed E-state index contributed by atoms with van der Waals surface area (Å²) in [6, 6.07) is 4.14. The summed E-state index contributed by atoms with van der Waals surface area (Å²) in [7, 11) is 0. The Morgan fingerprint density at radius 2 is 1.85 bits per heavy atom. The van der Waals surface area contributed by atoms with E-state index < -0.39 is 12.6 Å². The third-order valence-electron chi connectivity index (χ3n) is 1.80. The standard InChI is InChI=1S/C10H11F3/c1-7-3-8(6-11)5-9(4-7)10(2,12)13/h3-5H,6H2,1-2H3. The number of hydrogen-bond acceptors (Lipinski definition) is 0. The van der Waals surface area contributed by atoms with Gasteiger partial charge in [-0.1, -0.05) is 17.7 Å². The van der Waals surface area contributed by atoms with E-state index in [2.05, 4.69) is 0 Å². The van der Waals surface area contributed by atoms with Gasteiger partial charge in [-0.15, -0.1) is 0 Å². The van der Waals surface area contributed by atoms with E-state index in [1.807, 2.05) is 0 Å². The Morgan fingerprint density at radius 1 is 1.23 bits per heavy atom. The van der Waals surface area contributed by atoms with Gasteiger partial charge in [-0.05, 0) is 18.6 Å². The zero-order valence-electron chi connectivity index (χ0n) is 7.57. The Kier molecular flexibility index (Phi) is 2.64. The Bertz CT molecular complexity index is 300. The lowest BCUT2D eigenvalue weighted by atomic mass is 10.0. The summed E-state index contributed by atoms with van der Waals surface area (Å²) in [5.41, 5.74) is 0.836. The molecule has 72 valence electrons. The zero-order valence-corrected chi connectivity index (χ0v) is 7.57. The van der Waals surface area contributed by atoms with Crippen molar-refractivity contribution in [2.24, 2.45) is 0 Å². The lowest BCUT2D eigenvalue weighted by Gasteiger charge is -2.12. The van der Waals surface area contributed by atoms with E-state index in [4.69, 9.17) is 0 Å². The van der Waals surface area contributed by atoms with Crippen LogP contribution in [0.3, 0.4) is 0 Å². The normalized spacial score (nSPS) is 11.8. The van der Waals surface area contributed by atoms with Crippen molar-refractivity contribution < 1.29 is 13.2 Å². The summed E-state index contributed by atoms with van der Waals surface area (Å²) >= 11 is 0. The van der Waals surface area contributed by atoms with Gasteiger partial charge in [-0.2, -0.15) is 0 Å². The van der Waals surface area contributed by atoms with Crippen LogP contribution in [0.5, 0.6) is 0 Å². The van der Waals surface area contributed by atoms with Crippen molar-refractivity contribution in [3.05, 3.63) is 34.9 Å². The summed E-state index contributed by atoms with van der Waals surface area (Å²) in [6.45, 7) is 1.78. The van der Waals surface area contributed by atoms with E-state index in [1.165, 1.54) is 12.1 Å². The predicted octanol–water partition coefficient (Wildman–Crippen LogP) is 3.58. The first-order valence-electron chi connectivity index (χ1n) is 3.98. The molecule has 0 heterocycles. The first kappa shape index (κ1) is 10.1. The maximum Gasteiger partial charge on any atom is 0.270 e. The maximum atomic E-state index is 12.8. The highest BCUT2D eigenvalue weighted by molar-refractivity contribution is 5.31. The fourth-order valence-corrected chi connectivity index (χ4v) is 1.19. The summed E-state index contributed by atoms with van der Waals surface area (Å²) in [5, 5.41) is 0. The highest BCUT2D eigenvalue weighted by atomic mass is 19.3. The van der Waals surface area contributed by atoms with Gasteiger partial charge < -0.3 is 0 Å². The zero-order chi connectivity index (χ0) is 10.1. The van der Waals surface area contributed by atoms with Gasteiger partial charge in [0.05, 0.1) is 0 Å². The summed E-state index contributed by atoms with van der Waals surface area (Å²) in [5.74, 6) is -2.89. The van der Waals surface area contributed by atoms with E-state index in [0.29, 0.717) is 11.1 Å². The van der Waals surface area contributed by atoms with Gasteiger partial charge in [0, 0.05) is 12.5 Å². The molecule has 0 atom stereocenters. The fraction of sp³-hybridized carbons (Fsp3) is 0.400. The van der Waals surface area contributed by atoms with Gasteiger partial charge in [0.15, 0.2) is 0 Å². The number of halogens is 3. The van der Waals surface area contributed by atoms with E-state index in [0.717, 1.165) is 6.92 Å². The van der Waals surface area contributed by atoms with E-state index in [1.54, 1.807) is 13.0 Å². The number of aryl methyl sites for hydroxylation is 1. The Hall–Kier alpha value is -0.990. The van der Waals surface area contributed by atoms with Crippen LogP contribution < -0.4 is 0 Å². The minimum Gasteiger partial charge on any atom is -0.246 e. The topological polar surface area (TPSA) is 0 Å². The summed E-state index contributed by atoms with van der Waals surface area (Å²) < 4.78 is 37.9. The number of benzene rings is 1. The summed E-state index contributed by atoms with van der Waals surface area (Å²) in [4.78, 5) is 0. The number of rotatable bonds is 2. The minimum absolute atomic E-state index is 0.125. The van der Waals surface area contributed by atoms with E-state index >= 15 is 0 Å². The van der Waals surface area contributed by atoms with Crippen LogP contribution in [0.1, 0.15) is 23.6 Å². The van der Waals surface area contributed by atoms with E-state index in [9.17, 15) is 13.2 Å². The van der Waals surface area contributed by atoms with Crippen molar-refractivity contribution in [3.8, 4) is 0 Å². The van der Waals surface area contributed by atoms with Crippen LogP contribution in [0.15, 0.2) is 18.2 Å². The van der Waals surface area contributed by atoms with Crippen LogP contribution in [0, 0.1) is 6.92 Å². The molecule has 0 saturated heterocycles. The third-order valence-corrected chi connectivity index (χ3v) is 1.80.